The number of carbonyl (C=O) groups excluding carboxylic acids is 1. The van der Waals surface area contributed by atoms with Crippen LogP contribution in [0.1, 0.15) is 42.6 Å². The van der Waals surface area contributed by atoms with Crippen LogP contribution in [0.3, 0.4) is 0 Å². The van der Waals surface area contributed by atoms with E-state index in [1.54, 1.807) is 6.92 Å². The van der Waals surface area contributed by atoms with E-state index < -0.39 is 5.97 Å². The number of halogens is 2. The van der Waals surface area contributed by atoms with Crippen LogP contribution in [0.5, 0.6) is 0 Å². The van der Waals surface area contributed by atoms with Gasteiger partial charge in [-0.15, -0.1) is 0 Å². The van der Waals surface area contributed by atoms with E-state index in [0.29, 0.717) is 30.3 Å². The molecule has 4 aromatic rings. The summed E-state index contributed by atoms with van der Waals surface area (Å²) in [6.07, 6.45) is 0.689. The number of para-hydroxylation sites is 1. The molecule has 0 aliphatic carbocycles. The summed E-state index contributed by atoms with van der Waals surface area (Å²) >= 11 is 10.1. The molecule has 8 heteroatoms. The van der Waals surface area contributed by atoms with Crippen molar-refractivity contribution in [3.8, 4) is 11.3 Å². The summed E-state index contributed by atoms with van der Waals surface area (Å²) in [4.78, 5) is 17.1. The summed E-state index contributed by atoms with van der Waals surface area (Å²) < 4.78 is 14.0. The minimum atomic E-state index is -0.475. The number of carbonyl (C=O) groups is 1. The number of imidazole rings is 1. The van der Waals surface area contributed by atoms with Crippen LogP contribution in [0.2, 0.25) is 5.15 Å². The standard InChI is InChI=1S/C25H25BrClN3O3/c1-4-32-25(31)22-24(27)29-20(11-14(2)3)30(22)13-15-9-10-19-17(12-15)21(26)23(33-19)16-7-5-6-8-18(16)28/h5-10,12,14H,4,11,13,28H2,1-3H3. The molecule has 172 valence electrons. The van der Waals surface area contributed by atoms with Crippen LogP contribution in [0.4, 0.5) is 5.69 Å². The number of aromatic nitrogens is 2. The van der Waals surface area contributed by atoms with E-state index in [1.165, 1.54) is 0 Å². The van der Waals surface area contributed by atoms with Gasteiger partial charge in [0, 0.05) is 29.6 Å². The Morgan fingerprint density at radius 3 is 2.73 bits per heavy atom. The molecule has 0 aliphatic heterocycles. The van der Waals surface area contributed by atoms with Gasteiger partial charge >= 0.3 is 5.97 Å². The van der Waals surface area contributed by atoms with Crippen molar-refractivity contribution in [2.45, 2.75) is 33.7 Å². The SMILES string of the molecule is CCOC(=O)c1c(Cl)nc(CC(C)C)n1Cc1ccc2oc(-c3ccccc3N)c(Br)c2c1. The lowest BCUT2D eigenvalue weighted by Crippen LogP contribution is -2.16. The minimum absolute atomic E-state index is 0.163. The Bertz CT molecular complexity index is 1330. The van der Waals surface area contributed by atoms with Crippen molar-refractivity contribution < 1.29 is 13.9 Å². The number of nitrogens with two attached hydrogens (primary N) is 1. The van der Waals surface area contributed by atoms with Gasteiger partial charge in [-0.25, -0.2) is 9.78 Å². The molecule has 0 fully saturated rings. The van der Waals surface area contributed by atoms with Crippen LogP contribution in [0.25, 0.3) is 22.3 Å². The van der Waals surface area contributed by atoms with Crippen LogP contribution < -0.4 is 5.73 Å². The fourth-order valence-electron chi connectivity index (χ4n) is 3.82. The molecular formula is C25H25BrClN3O3. The van der Waals surface area contributed by atoms with E-state index in [2.05, 4.69) is 34.8 Å². The summed E-state index contributed by atoms with van der Waals surface area (Å²) in [6, 6.07) is 13.5. The van der Waals surface area contributed by atoms with Gasteiger partial charge in [-0.1, -0.05) is 43.6 Å². The quantitative estimate of drug-likeness (QED) is 0.212. The molecule has 0 aliphatic rings. The molecule has 4 rings (SSSR count). The number of hydrogen-bond donors (Lipinski definition) is 1. The highest BCUT2D eigenvalue weighted by Crippen LogP contribution is 2.40. The summed E-state index contributed by atoms with van der Waals surface area (Å²) in [6.45, 7) is 6.65. The van der Waals surface area contributed by atoms with Gasteiger partial charge in [-0.3, -0.25) is 0 Å². The van der Waals surface area contributed by atoms with Crippen molar-refractivity contribution in [1.82, 2.24) is 9.55 Å². The van der Waals surface area contributed by atoms with Crippen LogP contribution in [0.15, 0.2) is 51.4 Å². The molecule has 2 heterocycles. The maximum atomic E-state index is 12.6. The molecule has 0 radical (unpaired) electrons. The average Bonchev–Trinajstić information content (AvgIpc) is 3.24. The Hall–Kier alpha value is -2.77. The first kappa shape index (κ1) is 23.4. The van der Waals surface area contributed by atoms with E-state index in [9.17, 15) is 4.79 Å². The largest absolute Gasteiger partial charge is 0.461 e. The van der Waals surface area contributed by atoms with Crippen LogP contribution in [0, 0.1) is 5.92 Å². The van der Waals surface area contributed by atoms with Gasteiger partial charge in [-0.05, 0) is 58.6 Å². The highest BCUT2D eigenvalue weighted by Gasteiger charge is 2.24. The summed E-state index contributed by atoms with van der Waals surface area (Å²) in [5.74, 6) is 1.31. The van der Waals surface area contributed by atoms with Crippen molar-refractivity contribution in [1.29, 1.82) is 0 Å². The molecule has 0 saturated heterocycles. The third-order valence-electron chi connectivity index (χ3n) is 5.30. The maximum Gasteiger partial charge on any atom is 0.358 e. The Kier molecular flexibility index (Phi) is 6.81. The normalized spacial score (nSPS) is 11.5. The fraction of sp³-hybridized carbons (Fsp3) is 0.280. The Balaban J connectivity index is 1.77. The topological polar surface area (TPSA) is 83.3 Å². The number of nitrogens with zero attached hydrogens (tertiary/aromatic N) is 2. The van der Waals surface area contributed by atoms with Gasteiger partial charge in [0.25, 0.3) is 0 Å². The van der Waals surface area contributed by atoms with Crippen molar-refractivity contribution in [2.75, 3.05) is 12.3 Å². The predicted molar refractivity (Wildman–Crippen MR) is 135 cm³/mol. The van der Waals surface area contributed by atoms with E-state index >= 15 is 0 Å². The summed E-state index contributed by atoms with van der Waals surface area (Å²) in [5.41, 5.74) is 9.61. The van der Waals surface area contributed by atoms with Gasteiger partial charge < -0.3 is 19.5 Å². The van der Waals surface area contributed by atoms with Crippen molar-refractivity contribution >= 4 is 50.2 Å². The molecule has 0 atom stereocenters. The van der Waals surface area contributed by atoms with Crippen LogP contribution >= 0.6 is 27.5 Å². The molecule has 2 aromatic carbocycles. The van der Waals surface area contributed by atoms with Crippen molar-refractivity contribution in [3.05, 3.63) is 69.2 Å². The van der Waals surface area contributed by atoms with Crippen molar-refractivity contribution in [2.24, 2.45) is 5.92 Å². The molecule has 0 spiro atoms. The molecule has 6 nitrogen and oxygen atoms in total. The molecule has 0 amide bonds. The summed E-state index contributed by atoms with van der Waals surface area (Å²) in [5, 5.41) is 1.08. The number of rotatable bonds is 7. The zero-order valence-corrected chi connectivity index (χ0v) is 21.0. The lowest BCUT2D eigenvalue weighted by molar-refractivity contribution is 0.0514. The Morgan fingerprint density at radius 2 is 2.03 bits per heavy atom. The van der Waals surface area contributed by atoms with E-state index in [1.807, 2.05) is 47.0 Å². The lowest BCUT2D eigenvalue weighted by Gasteiger charge is -2.13. The highest BCUT2D eigenvalue weighted by atomic mass is 79.9. The molecule has 2 N–H and O–H groups in total. The van der Waals surface area contributed by atoms with E-state index in [4.69, 9.17) is 26.5 Å². The molecule has 0 unspecified atom stereocenters. The van der Waals surface area contributed by atoms with Gasteiger partial charge in [0.1, 0.15) is 11.4 Å². The Labute approximate surface area is 205 Å². The van der Waals surface area contributed by atoms with E-state index in [0.717, 1.165) is 32.4 Å². The number of furan rings is 1. The third-order valence-corrected chi connectivity index (χ3v) is 6.35. The number of fused-ring (bicyclic) bond motifs is 1. The Morgan fingerprint density at radius 1 is 1.27 bits per heavy atom. The molecule has 2 aromatic heterocycles. The second-order valence-electron chi connectivity index (χ2n) is 8.23. The first-order valence-electron chi connectivity index (χ1n) is 10.8. The zero-order valence-electron chi connectivity index (χ0n) is 18.7. The lowest BCUT2D eigenvalue weighted by atomic mass is 10.1. The van der Waals surface area contributed by atoms with Gasteiger partial charge in [0.2, 0.25) is 0 Å². The summed E-state index contributed by atoms with van der Waals surface area (Å²) in [7, 11) is 0. The number of esters is 1. The predicted octanol–water partition coefficient (Wildman–Crippen LogP) is 6.72. The highest BCUT2D eigenvalue weighted by molar-refractivity contribution is 9.10. The average molecular weight is 531 g/mol. The fourth-order valence-corrected chi connectivity index (χ4v) is 4.71. The smallest absolute Gasteiger partial charge is 0.358 e. The zero-order chi connectivity index (χ0) is 23.7. The third kappa shape index (κ3) is 4.66. The van der Waals surface area contributed by atoms with Gasteiger partial charge in [0.15, 0.2) is 16.6 Å². The monoisotopic (exact) mass is 529 g/mol. The van der Waals surface area contributed by atoms with Gasteiger partial charge in [-0.2, -0.15) is 0 Å². The minimum Gasteiger partial charge on any atom is -0.461 e. The molecule has 0 bridgehead atoms. The molecule has 33 heavy (non-hydrogen) atoms. The molecule has 0 saturated carbocycles. The number of hydrogen-bond acceptors (Lipinski definition) is 5. The first-order chi connectivity index (χ1) is 15.8. The molecular weight excluding hydrogens is 506 g/mol. The number of nitrogen functional groups attached to an aromatic ring is 1. The number of anilines is 1. The second kappa shape index (κ2) is 9.61. The van der Waals surface area contributed by atoms with Crippen molar-refractivity contribution in [3.63, 3.8) is 0 Å². The number of benzene rings is 2. The second-order valence-corrected chi connectivity index (χ2v) is 9.39. The first-order valence-corrected chi connectivity index (χ1v) is 11.9. The van der Waals surface area contributed by atoms with Crippen LogP contribution in [-0.2, 0) is 17.7 Å². The van der Waals surface area contributed by atoms with E-state index in [-0.39, 0.29) is 17.5 Å². The van der Waals surface area contributed by atoms with Gasteiger partial charge in [0.05, 0.1) is 11.1 Å². The maximum absolute atomic E-state index is 12.6. The van der Waals surface area contributed by atoms with Crippen LogP contribution in [-0.4, -0.2) is 22.1 Å². The number of ether oxygens (including phenoxy) is 1.